The Bertz CT molecular complexity index is 1210. The first-order chi connectivity index (χ1) is 16.3. The number of benzene rings is 3. The van der Waals surface area contributed by atoms with E-state index in [1.54, 1.807) is 48.6 Å². The number of hydrogen-bond acceptors (Lipinski definition) is 8. The molecule has 0 fully saturated rings. The Balaban J connectivity index is 0.00000432. The predicted octanol–water partition coefficient (Wildman–Crippen LogP) is 5.85. The Labute approximate surface area is 209 Å². The van der Waals surface area contributed by atoms with Crippen LogP contribution in [0.4, 0.5) is 0 Å². The van der Waals surface area contributed by atoms with Crippen LogP contribution in [-0.4, -0.2) is 28.4 Å². The normalized spacial score (nSPS) is 12.3. The molecule has 11 heteroatoms. The maximum atomic E-state index is 12.5. The maximum absolute atomic E-state index is 12.5. The van der Waals surface area contributed by atoms with Gasteiger partial charge < -0.3 is 39.0 Å². The van der Waals surface area contributed by atoms with Crippen molar-refractivity contribution in [2.24, 2.45) is 0 Å². The number of halogens is 1. The number of phosphoric ester groups is 1. The van der Waals surface area contributed by atoms with Crippen molar-refractivity contribution in [1.82, 2.24) is 6.15 Å². The van der Waals surface area contributed by atoms with E-state index in [0.717, 1.165) is 5.56 Å². The van der Waals surface area contributed by atoms with Crippen molar-refractivity contribution in [3.8, 4) is 34.5 Å². The summed E-state index contributed by atoms with van der Waals surface area (Å²) in [6.45, 7) is 0. The van der Waals surface area contributed by atoms with Crippen molar-refractivity contribution >= 4 is 31.6 Å². The summed E-state index contributed by atoms with van der Waals surface area (Å²) in [5, 5.41) is 0.328. The molecule has 0 radical (unpaired) electrons. The average Bonchev–Trinajstić information content (AvgIpc) is 2.81. The van der Waals surface area contributed by atoms with E-state index in [0.29, 0.717) is 27.8 Å². The van der Waals surface area contributed by atoms with Gasteiger partial charge in [-0.1, -0.05) is 35.9 Å². The second kappa shape index (κ2) is 12.4. The second-order valence-electron chi connectivity index (χ2n) is 6.79. The van der Waals surface area contributed by atoms with E-state index in [1.165, 1.54) is 46.6 Å². The van der Waals surface area contributed by atoms with Crippen molar-refractivity contribution in [2.75, 3.05) is 28.4 Å². The summed E-state index contributed by atoms with van der Waals surface area (Å²) in [5.74, 6) is 1.71. The van der Waals surface area contributed by atoms with Gasteiger partial charge in [-0.05, 0) is 53.6 Å². The molecule has 0 aliphatic heterocycles. The summed E-state index contributed by atoms with van der Waals surface area (Å²) < 4.78 is 44.0. The molecule has 0 spiro atoms. The van der Waals surface area contributed by atoms with Gasteiger partial charge in [-0.15, -0.1) is 0 Å². The van der Waals surface area contributed by atoms with E-state index < -0.39 is 7.82 Å². The first-order valence-corrected chi connectivity index (χ1v) is 11.7. The highest BCUT2D eigenvalue weighted by Gasteiger charge is 2.17. The Morgan fingerprint density at radius 2 is 1.34 bits per heavy atom. The van der Waals surface area contributed by atoms with Gasteiger partial charge in [0, 0.05) is 5.02 Å². The number of quaternary nitrogens is 1. The first-order valence-electron chi connectivity index (χ1n) is 9.90. The molecule has 0 aliphatic rings. The highest BCUT2D eigenvalue weighted by molar-refractivity contribution is 7.46. The molecule has 4 N–H and O–H groups in total. The van der Waals surface area contributed by atoms with Gasteiger partial charge in [0.2, 0.25) is 5.75 Å². The number of phosphoric acid groups is 1. The second-order valence-corrected chi connectivity index (χ2v) is 8.49. The molecule has 1 atom stereocenters. The summed E-state index contributed by atoms with van der Waals surface area (Å²) in [5.41, 5.74) is 1.42. The summed E-state index contributed by atoms with van der Waals surface area (Å²) in [6.07, 6.45) is 3.57. The van der Waals surface area contributed by atoms with Crippen LogP contribution in [0.2, 0.25) is 5.02 Å². The van der Waals surface area contributed by atoms with Crippen molar-refractivity contribution < 1.29 is 37.5 Å². The summed E-state index contributed by atoms with van der Waals surface area (Å²) in [4.78, 5) is 12.5. The summed E-state index contributed by atoms with van der Waals surface area (Å²) >= 11 is 5.88. The smallest absolute Gasteiger partial charge is 0.372 e. The van der Waals surface area contributed by atoms with E-state index in [-0.39, 0.29) is 23.4 Å². The fourth-order valence-electron chi connectivity index (χ4n) is 3.05. The standard InChI is InChI=1S/C24H24ClO8P.H3N/c1-28-20-11-10-16(8-9-17-13-22(29-2)24(31-4)23(14-17)30-3)12-21(20)33-34(26,27)32-19-7-5-6-18(25)15-19;/h5-15H,1-4H3,(H,26,27);1H3/b9-8-;. The lowest BCUT2D eigenvalue weighted by Gasteiger charge is -2.24. The molecule has 1 unspecified atom stereocenters. The van der Waals surface area contributed by atoms with Gasteiger partial charge in [0.05, 0.1) is 28.4 Å². The zero-order valence-corrected chi connectivity index (χ0v) is 21.6. The van der Waals surface area contributed by atoms with Gasteiger partial charge in [0.25, 0.3) is 0 Å². The molecular weight excluding hydrogens is 497 g/mol. The monoisotopic (exact) mass is 523 g/mol. The molecule has 188 valence electrons. The van der Waals surface area contributed by atoms with Crippen molar-refractivity contribution in [2.45, 2.75) is 0 Å². The van der Waals surface area contributed by atoms with Gasteiger partial charge in [-0.2, -0.15) is 0 Å². The van der Waals surface area contributed by atoms with Gasteiger partial charge >= 0.3 is 7.82 Å². The third-order valence-corrected chi connectivity index (χ3v) is 5.66. The SMILES string of the molecule is COc1ccc(/C=C\c2cc(OC)c(OC)c(OC)c2)cc1OP(=O)([O-])Oc1cccc(Cl)c1.[NH4+]. The van der Waals surface area contributed by atoms with E-state index in [1.807, 2.05) is 0 Å². The lowest BCUT2D eigenvalue weighted by Crippen LogP contribution is -2.13. The number of rotatable bonds is 10. The average molecular weight is 524 g/mol. The molecule has 3 aromatic rings. The van der Waals surface area contributed by atoms with Crippen LogP contribution in [0.25, 0.3) is 12.2 Å². The van der Waals surface area contributed by atoms with E-state index in [4.69, 9.17) is 39.6 Å². The van der Waals surface area contributed by atoms with Crippen LogP contribution in [0.3, 0.4) is 0 Å². The largest absolute Gasteiger partial charge is 0.736 e. The van der Waals surface area contributed by atoms with E-state index in [9.17, 15) is 9.46 Å². The molecule has 3 aromatic carbocycles. The zero-order chi connectivity index (χ0) is 24.7. The minimum atomic E-state index is -4.78. The molecule has 0 saturated heterocycles. The number of methoxy groups -OCH3 is 4. The topological polar surface area (TPSA) is 132 Å². The lowest BCUT2D eigenvalue weighted by molar-refractivity contribution is -0.208. The van der Waals surface area contributed by atoms with Crippen LogP contribution in [-0.2, 0) is 4.57 Å². The molecule has 9 nitrogen and oxygen atoms in total. The Morgan fingerprint density at radius 3 is 1.91 bits per heavy atom. The first kappa shape index (κ1) is 27.9. The fraction of sp³-hybridized carbons (Fsp3) is 0.167. The molecule has 0 bridgehead atoms. The molecular formula is C24H27ClNO8P. The van der Waals surface area contributed by atoms with E-state index >= 15 is 0 Å². The maximum Gasteiger partial charge on any atom is 0.372 e. The van der Waals surface area contributed by atoms with Gasteiger partial charge in [-0.3, -0.25) is 0 Å². The molecule has 0 aromatic heterocycles. The third kappa shape index (κ3) is 7.31. The van der Waals surface area contributed by atoms with Gasteiger partial charge in [-0.25, -0.2) is 4.57 Å². The van der Waals surface area contributed by atoms with E-state index in [2.05, 4.69) is 0 Å². The van der Waals surface area contributed by atoms with Crippen LogP contribution in [0, 0.1) is 0 Å². The number of hydrogen-bond donors (Lipinski definition) is 1. The van der Waals surface area contributed by atoms with Crippen LogP contribution in [0.15, 0.2) is 54.6 Å². The highest BCUT2D eigenvalue weighted by Crippen LogP contribution is 2.44. The Kier molecular flexibility index (Phi) is 9.86. The van der Waals surface area contributed by atoms with Crippen LogP contribution in [0.5, 0.6) is 34.5 Å². The van der Waals surface area contributed by atoms with Crippen LogP contribution >= 0.6 is 19.4 Å². The third-order valence-electron chi connectivity index (χ3n) is 4.57. The van der Waals surface area contributed by atoms with Gasteiger partial charge in [0.15, 0.2) is 23.0 Å². The van der Waals surface area contributed by atoms with Crippen molar-refractivity contribution in [1.29, 1.82) is 0 Å². The molecule has 0 amide bonds. The number of ether oxygens (including phenoxy) is 4. The minimum absolute atomic E-state index is 0. The summed E-state index contributed by atoms with van der Waals surface area (Å²) in [7, 11) is 1.21. The van der Waals surface area contributed by atoms with Crippen LogP contribution < -0.4 is 39.0 Å². The van der Waals surface area contributed by atoms with Crippen molar-refractivity contribution in [3.05, 3.63) is 70.7 Å². The Hall–Kier alpha value is -3.36. The quantitative estimate of drug-likeness (QED) is 0.258. The highest BCUT2D eigenvalue weighted by atomic mass is 35.5. The molecule has 3 rings (SSSR count). The predicted molar refractivity (Wildman–Crippen MR) is 134 cm³/mol. The molecule has 0 saturated carbocycles. The molecule has 0 aliphatic carbocycles. The molecule has 35 heavy (non-hydrogen) atoms. The summed E-state index contributed by atoms with van der Waals surface area (Å²) in [6, 6.07) is 14.4. The fourth-order valence-corrected chi connectivity index (χ4v) is 4.02. The Morgan fingerprint density at radius 1 is 0.743 bits per heavy atom. The van der Waals surface area contributed by atoms with Crippen LogP contribution in [0.1, 0.15) is 11.1 Å². The minimum Gasteiger partial charge on any atom is -0.736 e. The zero-order valence-electron chi connectivity index (χ0n) is 19.9. The van der Waals surface area contributed by atoms with Gasteiger partial charge in [0.1, 0.15) is 5.75 Å². The van der Waals surface area contributed by atoms with Crippen molar-refractivity contribution in [3.63, 3.8) is 0 Å². The lowest BCUT2D eigenvalue weighted by atomic mass is 10.1. The molecule has 0 heterocycles.